The molecule has 0 spiro atoms. The summed E-state index contributed by atoms with van der Waals surface area (Å²) in [5.74, 6) is -0.349. The summed E-state index contributed by atoms with van der Waals surface area (Å²) >= 11 is 0. The van der Waals surface area contributed by atoms with Crippen LogP contribution in [0.2, 0.25) is 0 Å². The fourth-order valence-corrected chi connectivity index (χ4v) is 3.72. The van der Waals surface area contributed by atoms with Gasteiger partial charge in [-0.1, -0.05) is 24.3 Å². The summed E-state index contributed by atoms with van der Waals surface area (Å²) in [7, 11) is 1.52. The van der Waals surface area contributed by atoms with Gasteiger partial charge in [0.15, 0.2) is 12.3 Å². The van der Waals surface area contributed by atoms with Crippen LogP contribution in [0, 0.1) is 13.8 Å². The van der Waals surface area contributed by atoms with Crippen LogP contribution in [0.25, 0.3) is 16.6 Å². The van der Waals surface area contributed by atoms with Crippen molar-refractivity contribution in [3.05, 3.63) is 65.5 Å². The molecule has 0 bridgehead atoms. The third-order valence-corrected chi connectivity index (χ3v) is 5.34. The zero-order valence-electron chi connectivity index (χ0n) is 18.2. The number of methoxy groups -OCH3 is 1. The number of nitrogens with zero attached hydrogens (tertiary/aromatic N) is 3. The lowest BCUT2D eigenvalue weighted by Crippen LogP contribution is -2.21. The van der Waals surface area contributed by atoms with Gasteiger partial charge in [-0.05, 0) is 50.1 Å². The average Bonchev–Trinajstić information content (AvgIpc) is 3.17. The Balaban J connectivity index is 1.38. The average molecular weight is 432 g/mol. The number of para-hydroxylation sites is 2. The number of carbonyl (C=O) groups is 2. The highest BCUT2D eigenvalue weighted by Gasteiger charge is 2.16. The molecule has 0 aliphatic rings. The van der Waals surface area contributed by atoms with Crippen LogP contribution in [-0.4, -0.2) is 40.2 Å². The van der Waals surface area contributed by atoms with Gasteiger partial charge in [0, 0.05) is 23.2 Å². The van der Waals surface area contributed by atoms with Crippen molar-refractivity contribution in [3.8, 4) is 5.75 Å². The number of hydrogen-bond acceptors (Lipinski definition) is 6. The van der Waals surface area contributed by atoms with Crippen LogP contribution < -0.4 is 10.1 Å². The highest BCUT2D eigenvalue weighted by atomic mass is 16.5. The summed E-state index contributed by atoms with van der Waals surface area (Å²) in [5.41, 5.74) is 4.93. The van der Waals surface area contributed by atoms with Gasteiger partial charge >= 0.3 is 5.97 Å². The van der Waals surface area contributed by atoms with E-state index in [9.17, 15) is 9.59 Å². The molecule has 0 radical (unpaired) electrons. The molecule has 0 unspecified atom stereocenters. The van der Waals surface area contributed by atoms with Gasteiger partial charge < -0.3 is 14.8 Å². The minimum atomic E-state index is -0.454. The van der Waals surface area contributed by atoms with Crippen molar-refractivity contribution < 1.29 is 19.1 Å². The lowest BCUT2D eigenvalue weighted by Gasteiger charge is -2.12. The van der Waals surface area contributed by atoms with Crippen molar-refractivity contribution in [2.24, 2.45) is 0 Å². The van der Waals surface area contributed by atoms with E-state index in [0.717, 1.165) is 33.5 Å². The van der Waals surface area contributed by atoms with Crippen LogP contribution in [0.3, 0.4) is 0 Å². The molecule has 0 saturated carbocycles. The predicted molar refractivity (Wildman–Crippen MR) is 121 cm³/mol. The number of carbonyl (C=O) groups excluding carboxylic acids is 2. The van der Waals surface area contributed by atoms with Crippen molar-refractivity contribution in [2.45, 2.75) is 26.7 Å². The van der Waals surface area contributed by atoms with Gasteiger partial charge in [-0.25, -0.2) is 9.50 Å². The Morgan fingerprint density at radius 3 is 2.62 bits per heavy atom. The molecule has 2 aromatic heterocycles. The number of nitrogens with one attached hydrogen (secondary N) is 1. The summed E-state index contributed by atoms with van der Waals surface area (Å²) in [6.07, 6.45) is 0.585. The highest BCUT2D eigenvalue weighted by Crippen LogP contribution is 2.24. The third-order valence-electron chi connectivity index (χ3n) is 5.34. The van der Waals surface area contributed by atoms with E-state index in [1.165, 1.54) is 7.11 Å². The molecule has 8 heteroatoms. The smallest absolute Gasteiger partial charge is 0.306 e. The van der Waals surface area contributed by atoms with Crippen LogP contribution in [0.15, 0.2) is 48.5 Å². The van der Waals surface area contributed by atoms with Gasteiger partial charge in [0.1, 0.15) is 5.75 Å². The molecule has 164 valence electrons. The number of aromatic nitrogens is 3. The van der Waals surface area contributed by atoms with Gasteiger partial charge in [0.25, 0.3) is 5.91 Å². The summed E-state index contributed by atoms with van der Waals surface area (Å²) in [5, 5.41) is 8.30. The summed E-state index contributed by atoms with van der Waals surface area (Å²) in [6, 6.07) is 14.9. The Labute approximate surface area is 185 Å². The first-order valence-electron chi connectivity index (χ1n) is 10.3. The van der Waals surface area contributed by atoms with Gasteiger partial charge in [0.2, 0.25) is 0 Å². The molecule has 1 amide bonds. The maximum atomic E-state index is 12.3. The summed E-state index contributed by atoms with van der Waals surface area (Å²) in [6.45, 7) is 3.53. The number of anilines is 1. The highest BCUT2D eigenvalue weighted by molar-refractivity contribution is 5.94. The molecule has 8 nitrogen and oxygen atoms in total. The van der Waals surface area contributed by atoms with E-state index in [2.05, 4.69) is 10.4 Å². The Morgan fingerprint density at radius 2 is 1.81 bits per heavy atom. The number of rotatable bonds is 7. The number of ether oxygens (including phenoxy) is 2. The topological polar surface area (TPSA) is 94.8 Å². The molecular formula is C24H24N4O4. The predicted octanol–water partition coefficient (Wildman–Crippen LogP) is 3.62. The van der Waals surface area contributed by atoms with Crippen LogP contribution >= 0.6 is 0 Å². The number of benzene rings is 2. The largest absolute Gasteiger partial charge is 0.495 e. The maximum absolute atomic E-state index is 12.3. The Bertz CT molecular complexity index is 1310. The zero-order chi connectivity index (χ0) is 22.7. The first-order valence-corrected chi connectivity index (χ1v) is 10.3. The Morgan fingerprint density at radius 1 is 1.06 bits per heavy atom. The maximum Gasteiger partial charge on any atom is 0.306 e. The first-order chi connectivity index (χ1) is 15.5. The molecule has 4 rings (SSSR count). The van der Waals surface area contributed by atoms with E-state index in [4.69, 9.17) is 14.5 Å². The van der Waals surface area contributed by atoms with Crippen LogP contribution in [0.1, 0.15) is 23.4 Å². The van der Waals surface area contributed by atoms with Gasteiger partial charge in [-0.15, -0.1) is 0 Å². The van der Waals surface area contributed by atoms with E-state index >= 15 is 0 Å². The van der Waals surface area contributed by atoms with Crippen molar-refractivity contribution in [3.63, 3.8) is 0 Å². The number of esters is 1. The van der Waals surface area contributed by atoms with E-state index in [1.54, 1.807) is 24.3 Å². The SMILES string of the molecule is COc1ccccc1NC(=O)COC(=O)CCc1c(C)nc2c3ccccc3nn2c1C. The fraction of sp³-hybridized carbons (Fsp3) is 0.250. The second kappa shape index (κ2) is 9.05. The third kappa shape index (κ3) is 4.25. The molecule has 2 aromatic carbocycles. The lowest BCUT2D eigenvalue weighted by molar-refractivity contribution is -0.147. The quantitative estimate of drug-likeness (QED) is 0.448. The van der Waals surface area contributed by atoms with Gasteiger partial charge in [0.05, 0.1) is 18.3 Å². The van der Waals surface area contributed by atoms with Crippen molar-refractivity contribution >= 4 is 34.1 Å². The standard InChI is InChI=1S/C24H24N4O4/c1-15-17(16(2)28-24(25-15)18-8-4-5-9-19(18)27-28)12-13-23(30)32-14-22(29)26-20-10-6-7-11-21(20)31-3/h4-11H,12-14H2,1-3H3,(H,26,29). The normalized spacial score (nSPS) is 11.0. The van der Waals surface area contributed by atoms with E-state index in [0.29, 0.717) is 17.9 Å². The van der Waals surface area contributed by atoms with E-state index in [-0.39, 0.29) is 13.0 Å². The van der Waals surface area contributed by atoms with Gasteiger partial charge in [-0.2, -0.15) is 5.10 Å². The molecule has 1 N–H and O–H groups in total. The molecule has 0 saturated heterocycles. The minimum absolute atomic E-state index is 0.137. The van der Waals surface area contributed by atoms with Gasteiger partial charge in [-0.3, -0.25) is 9.59 Å². The number of fused-ring (bicyclic) bond motifs is 3. The zero-order valence-corrected chi connectivity index (χ0v) is 18.2. The minimum Gasteiger partial charge on any atom is -0.495 e. The molecule has 0 aliphatic carbocycles. The van der Waals surface area contributed by atoms with Crippen LogP contribution in [0.5, 0.6) is 5.75 Å². The second-order valence-electron chi connectivity index (χ2n) is 7.42. The molecule has 0 fully saturated rings. The first kappa shape index (κ1) is 21.3. The summed E-state index contributed by atoms with van der Waals surface area (Å²) < 4.78 is 12.2. The molecule has 2 heterocycles. The molecule has 0 atom stereocenters. The summed E-state index contributed by atoms with van der Waals surface area (Å²) in [4.78, 5) is 29.1. The molecular weight excluding hydrogens is 408 g/mol. The monoisotopic (exact) mass is 432 g/mol. The molecule has 0 aliphatic heterocycles. The van der Waals surface area contributed by atoms with Crippen molar-refractivity contribution in [2.75, 3.05) is 19.0 Å². The second-order valence-corrected chi connectivity index (χ2v) is 7.42. The fourth-order valence-electron chi connectivity index (χ4n) is 3.72. The Hall–Kier alpha value is -3.94. The van der Waals surface area contributed by atoms with Crippen molar-refractivity contribution in [1.29, 1.82) is 0 Å². The molecule has 4 aromatic rings. The van der Waals surface area contributed by atoms with E-state index < -0.39 is 11.9 Å². The number of aryl methyl sites for hydroxylation is 2. The molecule has 32 heavy (non-hydrogen) atoms. The van der Waals surface area contributed by atoms with E-state index in [1.807, 2.05) is 42.6 Å². The lowest BCUT2D eigenvalue weighted by atomic mass is 10.1. The number of hydrogen-bond donors (Lipinski definition) is 1. The van der Waals surface area contributed by atoms with Crippen LogP contribution in [-0.2, 0) is 20.7 Å². The van der Waals surface area contributed by atoms with Crippen molar-refractivity contribution in [1.82, 2.24) is 14.6 Å². The number of amides is 1. The van der Waals surface area contributed by atoms with Crippen LogP contribution in [0.4, 0.5) is 5.69 Å². The Kier molecular flexibility index (Phi) is 6.02.